The molecule has 142 valence electrons. The number of carbonyl (C=O) groups excluding carboxylic acids is 2. The normalized spacial score (nSPS) is 10.1. The number of rotatable bonds is 8. The van der Waals surface area contributed by atoms with Gasteiger partial charge in [0.25, 0.3) is 11.6 Å². The largest absolute Gasteiger partial charge is 0.508 e. The summed E-state index contributed by atoms with van der Waals surface area (Å²) in [7, 11) is 0. The molecule has 2 amide bonds. The third-order valence-corrected chi connectivity index (χ3v) is 3.59. The number of phenols is 1. The van der Waals surface area contributed by atoms with E-state index in [-0.39, 0.29) is 30.1 Å². The molecule has 9 heteroatoms. The van der Waals surface area contributed by atoms with Gasteiger partial charge in [0.2, 0.25) is 5.91 Å². The molecule has 9 nitrogen and oxygen atoms in total. The monoisotopic (exact) mass is 373 g/mol. The van der Waals surface area contributed by atoms with Crippen LogP contribution in [0.2, 0.25) is 0 Å². The highest BCUT2D eigenvalue weighted by atomic mass is 16.6. The van der Waals surface area contributed by atoms with Gasteiger partial charge in [-0.25, -0.2) is 0 Å². The third-order valence-electron chi connectivity index (χ3n) is 3.59. The zero-order valence-electron chi connectivity index (χ0n) is 14.6. The molecule has 2 rings (SSSR count). The number of hydrogen-bond donors (Lipinski definition) is 3. The minimum atomic E-state index is -0.595. The number of non-ortho nitro benzene ring substituents is 1. The highest BCUT2D eigenvalue weighted by Crippen LogP contribution is 2.22. The van der Waals surface area contributed by atoms with Crippen LogP contribution in [-0.4, -0.2) is 35.0 Å². The van der Waals surface area contributed by atoms with Crippen molar-refractivity contribution in [2.75, 3.05) is 13.2 Å². The minimum absolute atomic E-state index is 0.106. The lowest BCUT2D eigenvalue weighted by molar-refractivity contribution is -0.384. The number of nitrogens with one attached hydrogen (secondary N) is 2. The fourth-order valence-electron chi connectivity index (χ4n) is 2.22. The summed E-state index contributed by atoms with van der Waals surface area (Å²) < 4.78 is 5.29. The first-order valence-corrected chi connectivity index (χ1v) is 8.14. The molecular weight excluding hydrogens is 354 g/mol. The summed E-state index contributed by atoms with van der Waals surface area (Å²) >= 11 is 0. The number of phenolic OH excluding ortho intramolecular Hbond substituents is 1. The van der Waals surface area contributed by atoms with Crippen LogP contribution in [-0.2, 0) is 11.3 Å². The summed E-state index contributed by atoms with van der Waals surface area (Å²) in [6, 6.07) is 10.0. The lowest BCUT2D eigenvalue weighted by Gasteiger charge is -2.09. The topological polar surface area (TPSA) is 131 Å². The van der Waals surface area contributed by atoms with Crippen LogP contribution in [0, 0.1) is 10.1 Å². The summed E-state index contributed by atoms with van der Waals surface area (Å²) in [5.74, 6) is -0.450. The van der Waals surface area contributed by atoms with Gasteiger partial charge < -0.3 is 20.5 Å². The van der Waals surface area contributed by atoms with Gasteiger partial charge in [0.05, 0.1) is 18.1 Å². The molecule has 0 heterocycles. The molecule has 3 N–H and O–H groups in total. The molecule has 0 saturated carbocycles. The highest BCUT2D eigenvalue weighted by Gasteiger charge is 2.12. The van der Waals surface area contributed by atoms with E-state index in [1.165, 1.54) is 12.1 Å². The van der Waals surface area contributed by atoms with Crippen molar-refractivity contribution in [1.29, 1.82) is 0 Å². The SMILES string of the molecule is CCOc1ccc(C(=O)NCC(=O)NCc2cc([N+](=O)[O-])ccc2O)cc1. The van der Waals surface area contributed by atoms with E-state index in [4.69, 9.17) is 4.74 Å². The second kappa shape index (κ2) is 9.18. The van der Waals surface area contributed by atoms with Gasteiger partial charge in [-0.15, -0.1) is 0 Å². The third kappa shape index (κ3) is 5.70. The molecular formula is C18H19N3O6. The maximum atomic E-state index is 12.0. The summed E-state index contributed by atoms with van der Waals surface area (Å²) in [4.78, 5) is 34.0. The number of nitro groups is 1. The van der Waals surface area contributed by atoms with Crippen LogP contribution in [0.1, 0.15) is 22.8 Å². The molecule has 0 radical (unpaired) electrons. The molecule has 0 aliphatic rings. The van der Waals surface area contributed by atoms with Crippen LogP contribution in [0.4, 0.5) is 5.69 Å². The van der Waals surface area contributed by atoms with E-state index in [1.807, 2.05) is 6.92 Å². The quantitative estimate of drug-likeness (QED) is 0.477. The van der Waals surface area contributed by atoms with Crippen molar-refractivity contribution in [1.82, 2.24) is 10.6 Å². The Balaban J connectivity index is 1.84. The maximum absolute atomic E-state index is 12.0. The summed E-state index contributed by atoms with van der Waals surface area (Å²) in [5.41, 5.74) is 0.388. The molecule has 0 fully saturated rings. The Kier molecular flexibility index (Phi) is 6.70. The van der Waals surface area contributed by atoms with E-state index in [1.54, 1.807) is 24.3 Å². The first-order chi connectivity index (χ1) is 12.9. The fraction of sp³-hybridized carbons (Fsp3) is 0.222. The molecule has 0 unspecified atom stereocenters. The van der Waals surface area contributed by atoms with Crippen LogP contribution < -0.4 is 15.4 Å². The average Bonchev–Trinajstić information content (AvgIpc) is 2.66. The molecule has 0 aliphatic heterocycles. The maximum Gasteiger partial charge on any atom is 0.270 e. The second-order valence-electron chi connectivity index (χ2n) is 5.49. The zero-order chi connectivity index (χ0) is 19.8. The summed E-state index contributed by atoms with van der Waals surface area (Å²) in [6.45, 7) is 1.99. The van der Waals surface area contributed by atoms with Gasteiger partial charge in [0.15, 0.2) is 0 Å². The lowest BCUT2D eigenvalue weighted by Crippen LogP contribution is -2.36. The molecule has 0 spiro atoms. The molecule has 0 saturated heterocycles. The summed E-state index contributed by atoms with van der Waals surface area (Å²) in [5, 5.41) is 25.4. The van der Waals surface area contributed by atoms with Gasteiger partial charge in [-0.05, 0) is 37.3 Å². The van der Waals surface area contributed by atoms with Gasteiger partial charge in [-0.1, -0.05) is 0 Å². The molecule has 0 aromatic heterocycles. The standard InChI is InChI=1S/C18H19N3O6/c1-2-27-15-6-3-12(4-7-15)18(24)20-11-17(23)19-10-13-9-14(21(25)26)5-8-16(13)22/h3-9,22H,2,10-11H2,1H3,(H,19,23)(H,20,24). The fourth-order valence-corrected chi connectivity index (χ4v) is 2.22. The van der Waals surface area contributed by atoms with Crippen molar-refractivity contribution in [3.8, 4) is 11.5 Å². The van der Waals surface area contributed by atoms with Crippen molar-refractivity contribution in [2.24, 2.45) is 0 Å². The van der Waals surface area contributed by atoms with E-state index < -0.39 is 16.7 Å². The highest BCUT2D eigenvalue weighted by molar-refractivity contribution is 5.96. The smallest absolute Gasteiger partial charge is 0.270 e. The van der Waals surface area contributed by atoms with Crippen LogP contribution >= 0.6 is 0 Å². The van der Waals surface area contributed by atoms with E-state index in [9.17, 15) is 24.8 Å². The van der Waals surface area contributed by atoms with Gasteiger partial charge in [0, 0.05) is 29.8 Å². The van der Waals surface area contributed by atoms with Crippen molar-refractivity contribution >= 4 is 17.5 Å². The van der Waals surface area contributed by atoms with Gasteiger partial charge >= 0.3 is 0 Å². The Morgan fingerprint density at radius 2 is 1.85 bits per heavy atom. The van der Waals surface area contributed by atoms with E-state index in [2.05, 4.69) is 10.6 Å². The second-order valence-corrected chi connectivity index (χ2v) is 5.49. The van der Waals surface area contributed by atoms with Crippen LogP contribution in [0.3, 0.4) is 0 Å². The molecule has 0 bridgehead atoms. The number of ether oxygens (including phenoxy) is 1. The number of carbonyl (C=O) groups is 2. The van der Waals surface area contributed by atoms with Crippen molar-refractivity contribution in [3.05, 3.63) is 63.7 Å². The number of amides is 2. The predicted molar refractivity (Wildman–Crippen MR) is 96.6 cm³/mol. The minimum Gasteiger partial charge on any atom is -0.508 e. The van der Waals surface area contributed by atoms with E-state index in [0.717, 1.165) is 6.07 Å². The van der Waals surface area contributed by atoms with E-state index >= 15 is 0 Å². The van der Waals surface area contributed by atoms with Crippen molar-refractivity contribution in [3.63, 3.8) is 0 Å². The first-order valence-electron chi connectivity index (χ1n) is 8.14. The predicted octanol–water partition coefficient (Wildman–Crippen LogP) is 1.75. The first kappa shape index (κ1) is 19.7. The molecule has 2 aromatic carbocycles. The van der Waals surface area contributed by atoms with Gasteiger partial charge in [0.1, 0.15) is 11.5 Å². The molecule has 2 aromatic rings. The Morgan fingerprint density at radius 3 is 2.48 bits per heavy atom. The average molecular weight is 373 g/mol. The van der Waals surface area contributed by atoms with Crippen LogP contribution in [0.15, 0.2) is 42.5 Å². The van der Waals surface area contributed by atoms with E-state index in [0.29, 0.717) is 17.9 Å². The van der Waals surface area contributed by atoms with Crippen LogP contribution in [0.5, 0.6) is 11.5 Å². The number of hydrogen-bond acceptors (Lipinski definition) is 6. The van der Waals surface area contributed by atoms with Crippen LogP contribution in [0.25, 0.3) is 0 Å². The molecule has 0 atom stereocenters. The van der Waals surface area contributed by atoms with Crippen molar-refractivity contribution in [2.45, 2.75) is 13.5 Å². The van der Waals surface area contributed by atoms with Gasteiger partial charge in [-0.2, -0.15) is 0 Å². The number of benzene rings is 2. The number of nitro benzene ring substituents is 1. The Bertz CT molecular complexity index is 835. The van der Waals surface area contributed by atoms with Gasteiger partial charge in [-0.3, -0.25) is 19.7 Å². The Labute approximate surface area is 155 Å². The lowest BCUT2D eigenvalue weighted by atomic mass is 10.1. The Hall–Kier alpha value is -3.62. The summed E-state index contributed by atoms with van der Waals surface area (Å²) in [6.07, 6.45) is 0. The molecule has 27 heavy (non-hydrogen) atoms. The van der Waals surface area contributed by atoms with Crippen molar-refractivity contribution < 1.29 is 24.4 Å². The number of aromatic hydroxyl groups is 1. The molecule has 0 aliphatic carbocycles. The Morgan fingerprint density at radius 1 is 1.15 bits per heavy atom. The zero-order valence-corrected chi connectivity index (χ0v) is 14.6. The number of nitrogens with zero attached hydrogens (tertiary/aromatic N) is 1.